The van der Waals surface area contributed by atoms with Gasteiger partial charge in [0.05, 0.1) is 12.1 Å². The van der Waals surface area contributed by atoms with Crippen LogP contribution in [0, 0.1) is 0 Å². The van der Waals surface area contributed by atoms with Crippen LogP contribution in [0.15, 0.2) is 0 Å². The van der Waals surface area contributed by atoms with Crippen LogP contribution in [0.3, 0.4) is 0 Å². The zero-order valence-corrected chi connectivity index (χ0v) is 11.2. The first-order valence-corrected chi connectivity index (χ1v) is 6.82. The molecule has 18 heavy (non-hydrogen) atoms. The molecule has 2 unspecified atom stereocenters. The fourth-order valence-electron chi connectivity index (χ4n) is 2.59. The molecule has 102 valence electrons. The van der Waals surface area contributed by atoms with Crippen LogP contribution in [0.25, 0.3) is 0 Å². The molecule has 0 spiro atoms. The Kier molecular flexibility index (Phi) is 4.06. The highest BCUT2D eigenvalue weighted by atomic mass is 16.3. The molecular weight excluding hydrogens is 230 g/mol. The SMILES string of the molecule is CCN(CC)c1nc(N)n(C2CCCCC2O)n1. The number of aromatic nitrogens is 3. The van der Waals surface area contributed by atoms with E-state index in [1.807, 2.05) is 0 Å². The number of aliphatic hydroxyl groups is 1. The Labute approximate surface area is 108 Å². The number of hydrogen-bond donors (Lipinski definition) is 2. The van der Waals surface area contributed by atoms with Crippen LogP contribution in [0.4, 0.5) is 11.9 Å². The van der Waals surface area contributed by atoms with Gasteiger partial charge in [-0.2, -0.15) is 4.98 Å². The maximum atomic E-state index is 10.1. The monoisotopic (exact) mass is 253 g/mol. The molecule has 2 atom stereocenters. The van der Waals surface area contributed by atoms with Gasteiger partial charge < -0.3 is 15.7 Å². The molecule has 0 aromatic carbocycles. The van der Waals surface area contributed by atoms with Crippen LogP contribution in [0.5, 0.6) is 0 Å². The number of nitrogen functional groups attached to an aromatic ring is 1. The molecule has 6 heteroatoms. The highest BCUT2D eigenvalue weighted by molar-refractivity contribution is 5.35. The van der Waals surface area contributed by atoms with Crippen molar-refractivity contribution >= 4 is 11.9 Å². The van der Waals surface area contributed by atoms with E-state index < -0.39 is 0 Å². The summed E-state index contributed by atoms with van der Waals surface area (Å²) in [6.45, 7) is 5.84. The average Bonchev–Trinajstić information content (AvgIpc) is 2.73. The molecule has 1 aliphatic carbocycles. The summed E-state index contributed by atoms with van der Waals surface area (Å²) < 4.78 is 1.71. The molecule has 6 nitrogen and oxygen atoms in total. The van der Waals surface area contributed by atoms with E-state index in [1.165, 1.54) is 0 Å². The van der Waals surface area contributed by atoms with Crippen molar-refractivity contribution in [3.63, 3.8) is 0 Å². The normalized spacial score (nSPS) is 24.2. The molecule has 0 aliphatic heterocycles. The molecule has 1 heterocycles. The number of nitrogens with two attached hydrogens (primary N) is 1. The first-order valence-electron chi connectivity index (χ1n) is 6.82. The molecular formula is C12H23N5O. The third kappa shape index (κ3) is 2.43. The van der Waals surface area contributed by atoms with Crippen molar-refractivity contribution in [1.82, 2.24) is 14.8 Å². The van der Waals surface area contributed by atoms with Gasteiger partial charge in [0.15, 0.2) is 0 Å². The summed E-state index contributed by atoms with van der Waals surface area (Å²) in [5.41, 5.74) is 5.93. The van der Waals surface area contributed by atoms with Crippen molar-refractivity contribution in [3.05, 3.63) is 0 Å². The van der Waals surface area contributed by atoms with Crippen molar-refractivity contribution < 1.29 is 5.11 Å². The summed E-state index contributed by atoms with van der Waals surface area (Å²) in [5, 5.41) is 14.5. The lowest BCUT2D eigenvalue weighted by atomic mass is 9.93. The Morgan fingerprint density at radius 2 is 2.00 bits per heavy atom. The Morgan fingerprint density at radius 1 is 1.33 bits per heavy atom. The number of aliphatic hydroxyl groups excluding tert-OH is 1. The van der Waals surface area contributed by atoms with Gasteiger partial charge in [0.2, 0.25) is 11.9 Å². The predicted octanol–water partition coefficient (Wildman–Crippen LogP) is 1.18. The van der Waals surface area contributed by atoms with E-state index in [0.29, 0.717) is 11.9 Å². The van der Waals surface area contributed by atoms with Gasteiger partial charge in [-0.1, -0.05) is 12.8 Å². The van der Waals surface area contributed by atoms with E-state index in [0.717, 1.165) is 38.8 Å². The van der Waals surface area contributed by atoms with Crippen molar-refractivity contribution in [1.29, 1.82) is 0 Å². The first-order chi connectivity index (χ1) is 8.67. The zero-order chi connectivity index (χ0) is 13.1. The smallest absolute Gasteiger partial charge is 0.246 e. The Morgan fingerprint density at radius 3 is 2.61 bits per heavy atom. The predicted molar refractivity (Wildman–Crippen MR) is 71.5 cm³/mol. The molecule has 1 aromatic rings. The molecule has 0 saturated heterocycles. The van der Waals surface area contributed by atoms with Gasteiger partial charge in [-0.25, -0.2) is 4.68 Å². The Balaban J connectivity index is 2.22. The van der Waals surface area contributed by atoms with Gasteiger partial charge in [0, 0.05) is 13.1 Å². The second kappa shape index (κ2) is 5.56. The molecule has 1 fully saturated rings. The largest absolute Gasteiger partial charge is 0.391 e. The van der Waals surface area contributed by atoms with Crippen LogP contribution in [0.1, 0.15) is 45.6 Å². The highest BCUT2D eigenvalue weighted by Crippen LogP contribution is 2.30. The van der Waals surface area contributed by atoms with Gasteiger partial charge in [0.1, 0.15) is 0 Å². The minimum absolute atomic E-state index is 0.0180. The van der Waals surface area contributed by atoms with E-state index in [9.17, 15) is 5.11 Å². The molecule has 3 N–H and O–H groups in total. The van der Waals surface area contributed by atoms with Crippen molar-refractivity contribution in [3.8, 4) is 0 Å². The summed E-state index contributed by atoms with van der Waals surface area (Å²) >= 11 is 0. The molecule has 1 aliphatic rings. The second-order valence-electron chi connectivity index (χ2n) is 4.81. The number of anilines is 2. The van der Waals surface area contributed by atoms with Crippen molar-refractivity contribution in [2.75, 3.05) is 23.7 Å². The van der Waals surface area contributed by atoms with Crippen LogP contribution >= 0.6 is 0 Å². The van der Waals surface area contributed by atoms with Gasteiger partial charge in [-0.15, -0.1) is 5.10 Å². The van der Waals surface area contributed by atoms with Crippen LogP contribution in [-0.2, 0) is 0 Å². The molecule has 0 bridgehead atoms. The van der Waals surface area contributed by atoms with E-state index in [-0.39, 0.29) is 12.1 Å². The van der Waals surface area contributed by atoms with Gasteiger partial charge in [-0.3, -0.25) is 0 Å². The maximum absolute atomic E-state index is 10.1. The topological polar surface area (TPSA) is 80.2 Å². The lowest BCUT2D eigenvalue weighted by Gasteiger charge is -2.27. The quantitative estimate of drug-likeness (QED) is 0.842. The highest BCUT2D eigenvalue weighted by Gasteiger charge is 2.28. The van der Waals surface area contributed by atoms with E-state index in [2.05, 4.69) is 28.8 Å². The zero-order valence-electron chi connectivity index (χ0n) is 11.2. The standard InChI is InChI=1S/C12H23N5O/c1-3-16(4-2)12-14-11(13)17(15-12)9-7-5-6-8-10(9)18/h9-10,18H,3-8H2,1-2H3,(H2,13,14,15). The molecule has 0 amide bonds. The summed E-state index contributed by atoms with van der Waals surface area (Å²) in [5.74, 6) is 1.07. The average molecular weight is 253 g/mol. The molecule has 0 radical (unpaired) electrons. The van der Waals surface area contributed by atoms with Crippen molar-refractivity contribution in [2.24, 2.45) is 0 Å². The third-order valence-electron chi connectivity index (χ3n) is 3.70. The fraction of sp³-hybridized carbons (Fsp3) is 0.833. The van der Waals surface area contributed by atoms with Gasteiger partial charge in [-0.05, 0) is 26.7 Å². The Hall–Kier alpha value is -1.30. The van der Waals surface area contributed by atoms with Gasteiger partial charge in [0.25, 0.3) is 0 Å². The minimum Gasteiger partial charge on any atom is -0.391 e. The van der Waals surface area contributed by atoms with Crippen LogP contribution in [-0.4, -0.2) is 39.1 Å². The molecule has 2 rings (SSSR count). The number of rotatable bonds is 4. The lowest BCUT2D eigenvalue weighted by Crippen LogP contribution is -2.29. The van der Waals surface area contributed by atoms with E-state index in [1.54, 1.807) is 4.68 Å². The number of nitrogens with zero attached hydrogens (tertiary/aromatic N) is 4. The molecule has 1 saturated carbocycles. The summed E-state index contributed by atoms with van der Waals surface area (Å²) in [7, 11) is 0. The van der Waals surface area contributed by atoms with Crippen LogP contribution < -0.4 is 10.6 Å². The second-order valence-corrected chi connectivity index (χ2v) is 4.81. The summed E-state index contributed by atoms with van der Waals surface area (Å²) in [6.07, 6.45) is 3.58. The van der Waals surface area contributed by atoms with Gasteiger partial charge >= 0.3 is 0 Å². The van der Waals surface area contributed by atoms with Crippen molar-refractivity contribution in [2.45, 2.75) is 51.7 Å². The summed E-state index contributed by atoms with van der Waals surface area (Å²) in [4.78, 5) is 6.36. The third-order valence-corrected chi connectivity index (χ3v) is 3.70. The van der Waals surface area contributed by atoms with E-state index in [4.69, 9.17) is 5.73 Å². The lowest BCUT2D eigenvalue weighted by molar-refractivity contribution is 0.0705. The summed E-state index contributed by atoms with van der Waals surface area (Å²) in [6, 6.07) is -0.0180. The minimum atomic E-state index is -0.354. The Bertz CT molecular complexity index is 388. The molecule has 1 aromatic heterocycles. The van der Waals surface area contributed by atoms with Crippen LogP contribution in [0.2, 0.25) is 0 Å². The number of hydrogen-bond acceptors (Lipinski definition) is 5. The maximum Gasteiger partial charge on any atom is 0.246 e. The fourth-order valence-corrected chi connectivity index (χ4v) is 2.59. The van der Waals surface area contributed by atoms with E-state index >= 15 is 0 Å². The first kappa shape index (κ1) is 13.1.